The van der Waals surface area contributed by atoms with Crippen molar-refractivity contribution in [2.45, 2.75) is 83.3 Å². The number of ether oxygens (including phenoxy) is 2. The number of benzene rings is 2. The Bertz CT molecular complexity index is 1480. The molecule has 0 bridgehead atoms. The summed E-state index contributed by atoms with van der Waals surface area (Å²) >= 11 is 0. The number of aliphatic carboxylic acids is 1. The van der Waals surface area contributed by atoms with E-state index < -0.39 is 12.0 Å². The molecule has 0 spiro atoms. The zero-order valence-electron chi connectivity index (χ0n) is 27.0. The normalized spacial score (nSPS) is 22.9. The Hall–Kier alpha value is -3.43. The Morgan fingerprint density at radius 2 is 1.87 bits per heavy atom. The van der Waals surface area contributed by atoms with Crippen LogP contribution < -0.4 is 9.47 Å². The number of aromatic nitrogens is 2. The van der Waals surface area contributed by atoms with Gasteiger partial charge in [0.1, 0.15) is 11.9 Å². The van der Waals surface area contributed by atoms with Crippen LogP contribution in [0.3, 0.4) is 0 Å². The number of fused-ring (bicyclic) bond motifs is 1. The highest BCUT2D eigenvalue weighted by Crippen LogP contribution is 2.44. The molecule has 2 fully saturated rings. The van der Waals surface area contributed by atoms with E-state index in [2.05, 4.69) is 39.6 Å². The molecule has 1 saturated carbocycles. The number of hydrogen-bond acceptors (Lipinski definition) is 6. The van der Waals surface area contributed by atoms with Gasteiger partial charge in [0.15, 0.2) is 11.5 Å². The Morgan fingerprint density at radius 1 is 1.09 bits per heavy atom. The number of piperidine rings is 1. The van der Waals surface area contributed by atoms with Crippen LogP contribution in [0.25, 0.3) is 0 Å². The molecule has 9 heteroatoms. The van der Waals surface area contributed by atoms with Gasteiger partial charge in [-0.05, 0) is 112 Å². The lowest BCUT2D eigenvalue weighted by atomic mass is 9.87. The van der Waals surface area contributed by atoms with Crippen LogP contribution in [-0.2, 0) is 17.8 Å². The molecule has 3 heterocycles. The zero-order chi connectivity index (χ0) is 31.7. The van der Waals surface area contributed by atoms with Gasteiger partial charge in [-0.1, -0.05) is 32.0 Å². The average Bonchev–Trinajstić information content (AvgIpc) is 3.75. The Kier molecular flexibility index (Phi) is 9.47. The molecule has 8 nitrogen and oxygen atoms in total. The Morgan fingerprint density at radius 3 is 2.58 bits per heavy atom. The molecule has 6 rings (SSSR count). The molecule has 3 aliphatic rings. The highest BCUT2D eigenvalue weighted by Gasteiger charge is 2.42. The van der Waals surface area contributed by atoms with Gasteiger partial charge in [-0.25, -0.2) is 4.39 Å². The molecule has 1 aliphatic carbocycles. The fraction of sp³-hybridized carbons (Fsp3) is 0.556. The van der Waals surface area contributed by atoms with Crippen LogP contribution >= 0.6 is 0 Å². The highest BCUT2D eigenvalue weighted by molar-refractivity contribution is 5.73. The van der Waals surface area contributed by atoms with Crippen LogP contribution in [0.4, 0.5) is 4.39 Å². The number of likely N-dealkylation sites (N-methyl/N-ethyl adjacent to an activating group) is 1. The first kappa shape index (κ1) is 31.5. The van der Waals surface area contributed by atoms with Crippen LogP contribution in [0.15, 0.2) is 48.5 Å². The topological polar surface area (TPSA) is 80.1 Å². The first-order valence-electron chi connectivity index (χ1n) is 16.6. The van der Waals surface area contributed by atoms with Crippen LogP contribution in [0.5, 0.6) is 11.5 Å². The minimum Gasteiger partial charge on any atom is -0.480 e. The summed E-state index contributed by atoms with van der Waals surface area (Å²) < 4.78 is 27.5. The zero-order valence-corrected chi connectivity index (χ0v) is 27.0. The number of halogens is 1. The van der Waals surface area contributed by atoms with Crippen molar-refractivity contribution in [3.05, 3.63) is 76.9 Å². The minimum absolute atomic E-state index is 0.00675. The largest absolute Gasteiger partial charge is 0.480 e. The molecule has 2 aliphatic heterocycles. The van der Waals surface area contributed by atoms with Gasteiger partial charge in [0.2, 0.25) is 6.79 Å². The number of carboxylic acid groups (broad SMARTS) is 1. The summed E-state index contributed by atoms with van der Waals surface area (Å²) in [6.45, 7) is 10.2. The molecule has 0 unspecified atom stereocenters. The van der Waals surface area contributed by atoms with Crippen molar-refractivity contribution in [1.29, 1.82) is 0 Å². The summed E-state index contributed by atoms with van der Waals surface area (Å²) in [7, 11) is 1.96. The number of nitrogens with zero attached hydrogens (tertiary/aromatic N) is 4. The molecular weight excluding hydrogens is 571 g/mol. The number of rotatable bonds is 11. The van der Waals surface area contributed by atoms with Gasteiger partial charge in [0, 0.05) is 37.2 Å². The summed E-state index contributed by atoms with van der Waals surface area (Å²) in [5, 5.41) is 14.9. The first-order chi connectivity index (χ1) is 21.7. The maximum atomic E-state index is 14.3. The second-order valence-corrected chi connectivity index (χ2v) is 13.6. The number of likely N-dealkylation sites (tertiary alicyclic amines) is 1. The fourth-order valence-corrected chi connectivity index (χ4v) is 8.09. The monoisotopic (exact) mass is 618 g/mol. The van der Waals surface area contributed by atoms with E-state index in [1.54, 1.807) is 12.1 Å². The maximum absolute atomic E-state index is 14.3. The van der Waals surface area contributed by atoms with E-state index in [9.17, 15) is 14.3 Å². The average molecular weight is 619 g/mol. The van der Waals surface area contributed by atoms with Crippen LogP contribution in [0, 0.1) is 17.7 Å². The summed E-state index contributed by atoms with van der Waals surface area (Å²) in [6.07, 6.45) is 4.67. The predicted molar refractivity (Wildman–Crippen MR) is 171 cm³/mol. The lowest BCUT2D eigenvalue weighted by molar-refractivity contribution is -0.145. The summed E-state index contributed by atoms with van der Waals surface area (Å²) in [4.78, 5) is 16.8. The first-order valence-corrected chi connectivity index (χ1v) is 16.6. The van der Waals surface area contributed by atoms with Crippen molar-refractivity contribution >= 4 is 5.97 Å². The molecule has 1 N–H and O–H groups in total. The third kappa shape index (κ3) is 6.89. The molecular formula is C36H47FN4O4. The van der Waals surface area contributed by atoms with Crippen molar-refractivity contribution in [3.63, 3.8) is 0 Å². The van der Waals surface area contributed by atoms with Crippen LogP contribution in [-0.4, -0.2) is 76.2 Å². The van der Waals surface area contributed by atoms with Crippen molar-refractivity contribution in [2.24, 2.45) is 11.8 Å². The molecule has 1 saturated heterocycles. The van der Waals surface area contributed by atoms with Crippen molar-refractivity contribution in [1.82, 2.24) is 19.6 Å². The van der Waals surface area contributed by atoms with E-state index in [1.807, 2.05) is 33.0 Å². The van der Waals surface area contributed by atoms with Gasteiger partial charge in [-0.3, -0.25) is 14.4 Å². The highest BCUT2D eigenvalue weighted by atomic mass is 19.1. The van der Waals surface area contributed by atoms with Crippen molar-refractivity contribution in [2.75, 3.05) is 33.5 Å². The van der Waals surface area contributed by atoms with Crippen molar-refractivity contribution in [3.8, 4) is 11.5 Å². The second-order valence-electron chi connectivity index (χ2n) is 13.6. The molecule has 45 heavy (non-hydrogen) atoms. The van der Waals surface area contributed by atoms with E-state index in [4.69, 9.17) is 14.6 Å². The molecule has 0 radical (unpaired) electrons. The van der Waals surface area contributed by atoms with E-state index in [0.29, 0.717) is 11.8 Å². The lowest BCUT2D eigenvalue weighted by Crippen LogP contribution is -2.47. The number of carboxylic acids is 1. The standard InChI is InChI=1S/C36H47FN4O4/c1-5-41-32(19-29(38-41)15-24-9-10-33-34(16-24)45-22-44-33)25-11-13-40(14-12-25)21-27-18-30(39(4)35(23(2)3)36(42)43)20-31(27)26-7-6-8-28(37)17-26/h6-10,16-17,19,23,25,27,30-31,35H,5,11-15,18,20-22H2,1-4H3,(H,42,43)/t27-,30+,31-,35-/m1/s1. The number of aryl methyl sites for hydroxylation is 1. The maximum Gasteiger partial charge on any atom is 0.321 e. The molecule has 4 atom stereocenters. The van der Waals surface area contributed by atoms with E-state index in [-0.39, 0.29) is 30.5 Å². The number of hydrogen-bond donors (Lipinski definition) is 1. The molecule has 1 aromatic heterocycles. The van der Waals surface area contributed by atoms with E-state index in [0.717, 1.165) is 86.6 Å². The fourth-order valence-electron chi connectivity index (χ4n) is 8.09. The molecule has 3 aromatic rings. The van der Waals surface area contributed by atoms with Crippen molar-refractivity contribution < 1.29 is 23.8 Å². The predicted octanol–water partition coefficient (Wildman–Crippen LogP) is 6.14. The van der Waals surface area contributed by atoms with Crippen LogP contribution in [0.2, 0.25) is 0 Å². The van der Waals surface area contributed by atoms with Gasteiger partial charge in [-0.2, -0.15) is 5.10 Å². The van der Waals surface area contributed by atoms with Gasteiger partial charge in [0.05, 0.1) is 5.69 Å². The van der Waals surface area contributed by atoms with E-state index in [1.165, 1.54) is 11.8 Å². The Balaban J connectivity index is 1.12. The number of carbonyl (C=O) groups is 1. The summed E-state index contributed by atoms with van der Waals surface area (Å²) in [5.41, 5.74) is 4.59. The third-order valence-electron chi connectivity index (χ3n) is 10.3. The van der Waals surface area contributed by atoms with Crippen LogP contribution in [0.1, 0.15) is 80.8 Å². The van der Waals surface area contributed by atoms with Gasteiger partial charge >= 0.3 is 5.97 Å². The third-order valence-corrected chi connectivity index (χ3v) is 10.3. The quantitative estimate of drug-likeness (QED) is 0.276. The Labute approximate surface area is 266 Å². The molecule has 2 aromatic carbocycles. The second kappa shape index (κ2) is 13.5. The minimum atomic E-state index is -0.773. The molecule has 0 amide bonds. The van der Waals surface area contributed by atoms with Gasteiger partial charge < -0.3 is 19.5 Å². The summed E-state index contributed by atoms with van der Waals surface area (Å²) in [6, 6.07) is 15.0. The SMILES string of the molecule is CCn1nc(Cc2ccc3c(c2)OCO3)cc1C1CCN(C[C@H]2C[C@H](N(C)[C@@H](C(=O)O)C(C)C)C[C@@H]2c2cccc(F)c2)CC1. The smallest absolute Gasteiger partial charge is 0.321 e. The molecule has 242 valence electrons. The van der Waals surface area contributed by atoms with Gasteiger partial charge in [0.25, 0.3) is 0 Å². The summed E-state index contributed by atoms with van der Waals surface area (Å²) in [5.74, 6) is 1.63. The van der Waals surface area contributed by atoms with E-state index >= 15 is 0 Å². The lowest BCUT2D eigenvalue weighted by Gasteiger charge is -2.35. The van der Waals surface area contributed by atoms with Gasteiger partial charge in [-0.15, -0.1) is 0 Å².